The van der Waals surface area contributed by atoms with Crippen LogP contribution < -0.4 is 10.4 Å². The van der Waals surface area contributed by atoms with E-state index in [1.54, 1.807) is 23.2 Å². The minimum atomic E-state index is -3.55. The lowest BCUT2D eigenvalue weighted by molar-refractivity contribution is 0.0949. The van der Waals surface area contributed by atoms with Gasteiger partial charge < -0.3 is 0 Å². The standard InChI is InChI=1S/C20H25N3O3S/c1-3-23(18-11-9-16(2)10-12-18)21-20(24)17-7-6-8-19(15-17)27(25,26)22-13-4-5-14-22/h6-12,15H,3-5,13-14H2,1-2H3,(H,21,24). The van der Waals surface area contributed by atoms with Crippen molar-refractivity contribution in [1.82, 2.24) is 9.73 Å². The number of carbonyl (C=O) groups excluding carboxylic acids is 1. The number of carbonyl (C=O) groups is 1. The lowest BCUT2D eigenvalue weighted by Crippen LogP contribution is -2.42. The molecule has 0 aliphatic carbocycles. The van der Waals surface area contributed by atoms with Gasteiger partial charge in [-0.25, -0.2) is 8.42 Å². The zero-order chi connectivity index (χ0) is 19.4. The fourth-order valence-corrected chi connectivity index (χ4v) is 4.68. The molecule has 0 aromatic heterocycles. The molecule has 1 fully saturated rings. The van der Waals surface area contributed by atoms with Crippen LogP contribution in [0.15, 0.2) is 53.4 Å². The Morgan fingerprint density at radius 1 is 1.11 bits per heavy atom. The van der Waals surface area contributed by atoms with Gasteiger partial charge >= 0.3 is 0 Å². The molecule has 0 radical (unpaired) electrons. The van der Waals surface area contributed by atoms with Crippen LogP contribution in [0.3, 0.4) is 0 Å². The SMILES string of the molecule is CCN(NC(=O)c1cccc(S(=O)(=O)N2CCCC2)c1)c1ccc(C)cc1. The van der Waals surface area contributed by atoms with Gasteiger partial charge in [-0.3, -0.25) is 15.2 Å². The smallest absolute Gasteiger partial charge is 0.269 e. The normalized spacial score (nSPS) is 14.9. The molecule has 1 heterocycles. The lowest BCUT2D eigenvalue weighted by atomic mass is 10.2. The van der Waals surface area contributed by atoms with E-state index in [-0.39, 0.29) is 10.8 Å². The average molecular weight is 388 g/mol. The van der Waals surface area contributed by atoms with Crippen molar-refractivity contribution in [1.29, 1.82) is 0 Å². The van der Waals surface area contributed by atoms with Crippen molar-refractivity contribution < 1.29 is 13.2 Å². The number of anilines is 1. The van der Waals surface area contributed by atoms with Crippen molar-refractivity contribution in [2.45, 2.75) is 31.6 Å². The molecule has 1 aliphatic heterocycles. The third-order valence-electron chi connectivity index (χ3n) is 4.70. The van der Waals surface area contributed by atoms with Crippen molar-refractivity contribution in [3.05, 3.63) is 59.7 Å². The Morgan fingerprint density at radius 2 is 1.78 bits per heavy atom. The number of hydrogen-bond acceptors (Lipinski definition) is 4. The van der Waals surface area contributed by atoms with E-state index < -0.39 is 10.0 Å². The summed E-state index contributed by atoms with van der Waals surface area (Å²) in [5.41, 5.74) is 5.19. The van der Waals surface area contributed by atoms with Crippen LogP contribution in [-0.4, -0.2) is 38.3 Å². The van der Waals surface area contributed by atoms with Gasteiger partial charge in [-0.05, 0) is 57.0 Å². The van der Waals surface area contributed by atoms with Gasteiger partial charge in [-0.2, -0.15) is 4.31 Å². The molecule has 0 atom stereocenters. The van der Waals surface area contributed by atoms with Crippen LogP contribution in [-0.2, 0) is 10.0 Å². The Kier molecular flexibility index (Phi) is 5.82. The molecule has 1 saturated heterocycles. The fourth-order valence-electron chi connectivity index (χ4n) is 3.11. The van der Waals surface area contributed by atoms with E-state index >= 15 is 0 Å². The number of benzene rings is 2. The largest absolute Gasteiger partial charge is 0.286 e. The molecule has 7 heteroatoms. The van der Waals surface area contributed by atoms with Gasteiger partial charge in [0, 0.05) is 25.2 Å². The summed E-state index contributed by atoms with van der Waals surface area (Å²) in [6.07, 6.45) is 1.75. The number of hydrazine groups is 1. The molecule has 1 N–H and O–H groups in total. The summed E-state index contributed by atoms with van der Waals surface area (Å²) in [5.74, 6) is -0.337. The highest BCUT2D eigenvalue weighted by atomic mass is 32.2. The first kappa shape index (κ1) is 19.4. The molecule has 0 unspecified atom stereocenters. The molecule has 144 valence electrons. The molecule has 2 aromatic carbocycles. The second kappa shape index (κ2) is 8.10. The minimum absolute atomic E-state index is 0.162. The molecule has 6 nitrogen and oxygen atoms in total. The van der Waals surface area contributed by atoms with Crippen LogP contribution in [0.4, 0.5) is 5.69 Å². The maximum atomic E-state index is 12.7. The molecule has 0 saturated carbocycles. The van der Waals surface area contributed by atoms with Gasteiger partial charge in [0.2, 0.25) is 10.0 Å². The summed E-state index contributed by atoms with van der Waals surface area (Å²) in [5, 5.41) is 1.74. The van der Waals surface area contributed by atoms with Crippen molar-refractivity contribution in [3.8, 4) is 0 Å². The van der Waals surface area contributed by atoms with E-state index in [4.69, 9.17) is 0 Å². The summed E-state index contributed by atoms with van der Waals surface area (Å²) < 4.78 is 26.9. The van der Waals surface area contributed by atoms with Gasteiger partial charge in [0.15, 0.2) is 0 Å². The molecular formula is C20H25N3O3S. The second-order valence-electron chi connectivity index (χ2n) is 6.66. The maximum Gasteiger partial charge on any atom is 0.269 e. The fraction of sp³-hybridized carbons (Fsp3) is 0.350. The van der Waals surface area contributed by atoms with Gasteiger partial charge in [-0.15, -0.1) is 0 Å². The summed E-state index contributed by atoms with van der Waals surface area (Å²) in [6.45, 7) is 5.60. The van der Waals surface area contributed by atoms with Crippen LogP contribution in [0.5, 0.6) is 0 Å². The van der Waals surface area contributed by atoms with E-state index in [1.165, 1.54) is 10.4 Å². The van der Waals surface area contributed by atoms with Gasteiger partial charge in [0.05, 0.1) is 10.6 Å². The van der Waals surface area contributed by atoms with Crippen LogP contribution in [0.2, 0.25) is 0 Å². The highest BCUT2D eigenvalue weighted by Crippen LogP contribution is 2.22. The quantitative estimate of drug-likeness (QED) is 0.774. The first-order valence-electron chi connectivity index (χ1n) is 9.17. The Hall–Kier alpha value is -2.38. The van der Waals surface area contributed by atoms with Crippen LogP contribution in [0.25, 0.3) is 0 Å². The predicted molar refractivity (Wildman–Crippen MR) is 106 cm³/mol. The zero-order valence-electron chi connectivity index (χ0n) is 15.7. The molecule has 1 aliphatic rings. The third kappa shape index (κ3) is 4.31. The predicted octanol–water partition coefficient (Wildman–Crippen LogP) is 2.95. The van der Waals surface area contributed by atoms with E-state index in [2.05, 4.69) is 5.43 Å². The van der Waals surface area contributed by atoms with E-state index in [0.717, 1.165) is 24.1 Å². The lowest BCUT2D eigenvalue weighted by Gasteiger charge is -2.24. The van der Waals surface area contributed by atoms with Crippen LogP contribution in [0, 0.1) is 6.92 Å². The molecule has 0 bridgehead atoms. The van der Waals surface area contributed by atoms with Crippen molar-refractivity contribution in [2.75, 3.05) is 24.6 Å². The summed E-state index contributed by atoms with van der Waals surface area (Å²) >= 11 is 0. The van der Waals surface area contributed by atoms with Crippen molar-refractivity contribution >= 4 is 21.6 Å². The number of rotatable bonds is 6. The summed E-state index contributed by atoms with van der Waals surface area (Å²) in [7, 11) is -3.55. The van der Waals surface area contributed by atoms with Gasteiger partial charge in [-0.1, -0.05) is 23.8 Å². The first-order valence-corrected chi connectivity index (χ1v) is 10.6. The third-order valence-corrected chi connectivity index (χ3v) is 6.59. The second-order valence-corrected chi connectivity index (χ2v) is 8.60. The van der Waals surface area contributed by atoms with Gasteiger partial charge in [0.25, 0.3) is 5.91 Å². The maximum absolute atomic E-state index is 12.7. The number of nitrogens with zero attached hydrogens (tertiary/aromatic N) is 2. The zero-order valence-corrected chi connectivity index (χ0v) is 16.5. The Morgan fingerprint density at radius 3 is 2.41 bits per heavy atom. The van der Waals surface area contributed by atoms with Crippen molar-refractivity contribution in [3.63, 3.8) is 0 Å². The minimum Gasteiger partial charge on any atom is -0.286 e. The average Bonchev–Trinajstić information content (AvgIpc) is 3.22. The monoisotopic (exact) mass is 387 g/mol. The highest BCUT2D eigenvalue weighted by Gasteiger charge is 2.27. The number of nitrogens with one attached hydrogen (secondary N) is 1. The van der Waals surface area contributed by atoms with E-state index in [9.17, 15) is 13.2 Å². The summed E-state index contributed by atoms with van der Waals surface area (Å²) in [6, 6.07) is 14.1. The first-order chi connectivity index (χ1) is 12.9. The number of amides is 1. The van der Waals surface area contributed by atoms with Gasteiger partial charge in [0.1, 0.15) is 0 Å². The van der Waals surface area contributed by atoms with E-state index in [1.807, 2.05) is 38.1 Å². The molecule has 0 spiro atoms. The Labute approximate surface area is 160 Å². The number of sulfonamides is 1. The number of aryl methyl sites for hydroxylation is 1. The number of hydrogen-bond donors (Lipinski definition) is 1. The Bertz CT molecular complexity index is 904. The van der Waals surface area contributed by atoms with Crippen molar-refractivity contribution in [2.24, 2.45) is 0 Å². The molecule has 27 heavy (non-hydrogen) atoms. The molecule has 3 rings (SSSR count). The summed E-state index contributed by atoms with van der Waals surface area (Å²) in [4.78, 5) is 12.9. The van der Waals surface area contributed by atoms with Crippen LogP contribution in [0.1, 0.15) is 35.7 Å². The van der Waals surface area contributed by atoms with Crippen LogP contribution >= 0.6 is 0 Å². The molecule has 1 amide bonds. The van der Waals surface area contributed by atoms with E-state index in [0.29, 0.717) is 25.2 Å². The Balaban J connectivity index is 1.79. The highest BCUT2D eigenvalue weighted by molar-refractivity contribution is 7.89. The topological polar surface area (TPSA) is 69.7 Å². The molecular weight excluding hydrogens is 362 g/mol. The molecule has 2 aromatic rings.